The summed E-state index contributed by atoms with van der Waals surface area (Å²) in [6.07, 6.45) is 1.76. The first-order chi connectivity index (χ1) is 11.5. The smallest absolute Gasteiger partial charge is 0.281 e. The first-order valence-electron chi connectivity index (χ1n) is 7.58. The molecule has 1 aliphatic heterocycles. The molecule has 1 N–H and O–H groups in total. The zero-order valence-corrected chi connectivity index (χ0v) is 14.6. The van der Waals surface area contributed by atoms with Crippen molar-refractivity contribution in [1.82, 2.24) is 5.32 Å². The van der Waals surface area contributed by atoms with Gasteiger partial charge in [0.2, 0.25) is 0 Å². The highest BCUT2D eigenvalue weighted by Crippen LogP contribution is 2.26. The number of carbonyl (C=O) groups is 1. The summed E-state index contributed by atoms with van der Waals surface area (Å²) in [5, 5.41) is 3.38. The number of para-hydroxylation sites is 1. The molecule has 122 valence electrons. The number of rotatable bonds is 3. The monoisotopic (exact) mass is 338 g/mol. The zero-order chi connectivity index (χ0) is 17.3. The van der Waals surface area contributed by atoms with Gasteiger partial charge in [-0.3, -0.25) is 9.69 Å². The molecule has 1 fully saturated rings. The summed E-state index contributed by atoms with van der Waals surface area (Å²) in [5.74, 6) is 0.534. The second kappa shape index (κ2) is 6.45. The topological polar surface area (TPSA) is 41.6 Å². The second-order valence-electron chi connectivity index (χ2n) is 5.72. The number of carbonyl (C=O) groups excluding carboxylic acids is 1. The highest BCUT2D eigenvalue weighted by atomic mass is 32.1. The van der Waals surface area contributed by atoms with Crippen LogP contribution in [-0.4, -0.2) is 18.1 Å². The minimum absolute atomic E-state index is 0.170. The van der Waals surface area contributed by atoms with Gasteiger partial charge >= 0.3 is 0 Å². The molecule has 5 heteroatoms. The highest BCUT2D eigenvalue weighted by molar-refractivity contribution is 7.80. The van der Waals surface area contributed by atoms with Crippen molar-refractivity contribution >= 4 is 35.0 Å². The van der Waals surface area contributed by atoms with Crippen LogP contribution in [0.25, 0.3) is 6.08 Å². The molecule has 0 spiro atoms. The molecule has 2 aromatic carbocycles. The molecule has 0 atom stereocenters. The molecule has 24 heavy (non-hydrogen) atoms. The average molecular weight is 338 g/mol. The number of aryl methyl sites for hydroxylation is 2. The molecule has 1 saturated heterocycles. The normalized spacial score (nSPS) is 15.8. The van der Waals surface area contributed by atoms with E-state index in [2.05, 4.69) is 11.4 Å². The standard InChI is InChI=1S/C19H18N2O2S/c1-12-8-13(2)10-15(9-12)21-18(22)16(20-19(21)24)11-14-6-4-5-7-17(14)23-3/h4-11H,1-3H3,(H,20,24)/b16-11-. The molecular weight excluding hydrogens is 320 g/mol. The number of anilines is 1. The summed E-state index contributed by atoms with van der Waals surface area (Å²) in [6.45, 7) is 4.00. The number of methoxy groups -OCH3 is 1. The van der Waals surface area contributed by atoms with Crippen molar-refractivity contribution in [3.8, 4) is 5.75 Å². The Morgan fingerprint density at radius 1 is 1.12 bits per heavy atom. The van der Waals surface area contributed by atoms with Crippen molar-refractivity contribution in [3.05, 3.63) is 64.9 Å². The van der Waals surface area contributed by atoms with Gasteiger partial charge in [0.05, 0.1) is 12.8 Å². The van der Waals surface area contributed by atoms with Crippen LogP contribution in [0.15, 0.2) is 48.2 Å². The molecule has 1 amide bonds. The molecule has 3 rings (SSSR count). The summed E-state index contributed by atoms with van der Waals surface area (Å²) in [4.78, 5) is 14.3. The summed E-state index contributed by atoms with van der Waals surface area (Å²) >= 11 is 5.36. The summed E-state index contributed by atoms with van der Waals surface area (Å²) in [7, 11) is 1.60. The molecule has 0 radical (unpaired) electrons. The van der Waals surface area contributed by atoms with Crippen molar-refractivity contribution in [2.45, 2.75) is 13.8 Å². The van der Waals surface area contributed by atoms with Gasteiger partial charge in [-0.15, -0.1) is 0 Å². The molecule has 0 bridgehead atoms. The zero-order valence-electron chi connectivity index (χ0n) is 13.8. The van der Waals surface area contributed by atoms with Gasteiger partial charge in [-0.25, -0.2) is 0 Å². The van der Waals surface area contributed by atoms with Crippen molar-refractivity contribution in [1.29, 1.82) is 0 Å². The fraction of sp³-hybridized carbons (Fsp3) is 0.158. The van der Waals surface area contributed by atoms with Crippen LogP contribution < -0.4 is 15.0 Å². The maximum atomic E-state index is 12.8. The molecule has 1 heterocycles. The predicted octanol–water partition coefficient (Wildman–Crippen LogP) is 3.57. The fourth-order valence-electron chi connectivity index (χ4n) is 2.79. The summed E-state index contributed by atoms with van der Waals surface area (Å²) in [5.41, 5.74) is 4.20. The third-order valence-electron chi connectivity index (χ3n) is 3.78. The predicted molar refractivity (Wildman–Crippen MR) is 100 cm³/mol. The van der Waals surface area contributed by atoms with E-state index in [0.29, 0.717) is 16.6 Å². The van der Waals surface area contributed by atoms with Crippen LogP contribution in [0.5, 0.6) is 5.75 Å². The minimum Gasteiger partial charge on any atom is -0.496 e. The quantitative estimate of drug-likeness (QED) is 0.686. The van der Waals surface area contributed by atoms with Crippen LogP contribution in [0.1, 0.15) is 16.7 Å². The molecule has 0 aromatic heterocycles. The fourth-order valence-corrected chi connectivity index (χ4v) is 3.09. The maximum absolute atomic E-state index is 12.8. The number of thiocarbonyl (C=S) groups is 1. The van der Waals surface area contributed by atoms with Crippen molar-refractivity contribution < 1.29 is 9.53 Å². The Bertz CT molecular complexity index is 838. The van der Waals surface area contributed by atoms with E-state index in [1.165, 1.54) is 4.90 Å². The molecule has 4 nitrogen and oxygen atoms in total. The average Bonchev–Trinajstić information content (AvgIpc) is 2.81. The number of nitrogens with one attached hydrogen (secondary N) is 1. The Morgan fingerprint density at radius 3 is 2.46 bits per heavy atom. The Hall–Kier alpha value is -2.66. The van der Waals surface area contributed by atoms with Gasteiger partial charge in [0.1, 0.15) is 11.4 Å². The summed E-state index contributed by atoms with van der Waals surface area (Å²) < 4.78 is 5.33. The van der Waals surface area contributed by atoms with E-state index in [-0.39, 0.29) is 5.91 Å². The lowest BCUT2D eigenvalue weighted by molar-refractivity contribution is -0.113. The van der Waals surface area contributed by atoms with E-state index in [4.69, 9.17) is 17.0 Å². The number of nitrogens with zero attached hydrogens (tertiary/aromatic N) is 1. The van der Waals surface area contributed by atoms with Crippen molar-refractivity contribution in [2.24, 2.45) is 0 Å². The number of ether oxygens (including phenoxy) is 1. The molecule has 0 unspecified atom stereocenters. The Balaban J connectivity index is 1.98. The van der Waals surface area contributed by atoms with Crippen LogP contribution >= 0.6 is 12.2 Å². The molecule has 2 aromatic rings. The first kappa shape index (κ1) is 16.2. The summed E-state index contributed by atoms with van der Waals surface area (Å²) in [6, 6.07) is 13.5. The van der Waals surface area contributed by atoms with E-state index in [0.717, 1.165) is 22.4 Å². The van der Waals surface area contributed by atoms with E-state index in [9.17, 15) is 4.79 Å². The number of hydrogen-bond donors (Lipinski definition) is 1. The van der Waals surface area contributed by atoms with Crippen molar-refractivity contribution in [3.63, 3.8) is 0 Å². The molecule has 0 saturated carbocycles. The molecule has 0 aliphatic carbocycles. The lowest BCUT2D eigenvalue weighted by Gasteiger charge is -2.15. The van der Waals surface area contributed by atoms with Crippen LogP contribution in [0.2, 0.25) is 0 Å². The van der Waals surface area contributed by atoms with Gasteiger partial charge in [0.15, 0.2) is 5.11 Å². The lowest BCUT2D eigenvalue weighted by Crippen LogP contribution is -2.30. The molecular formula is C19H18N2O2S. The van der Waals surface area contributed by atoms with Gasteiger partial charge in [-0.1, -0.05) is 24.3 Å². The van der Waals surface area contributed by atoms with E-state index >= 15 is 0 Å². The van der Waals surface area contributed by atoms with Gasteiger partial charge in [-0.05, 0) is 61.5 Å². The van der Waals surface area contributed by atoms with Gasteiger partial charge in [0.25, 0.3) is 5.91 Å². The Kier molecular flexibility index (Phi) is 4.36. The third kappa shape index (κ3) is 3.03. The highest BCUT2D eigenvalue weighted by Gasteiger charge is 2.32. The van der Waals surface area contributed by atoms with Gasteiger partial charge < -0.3 is 10.1 Å². The second-order valence-corrected chi connectivity index (χ2v) is 6.10. The van der Waals surface area contributed by atoms with Crippen LogP contribution in [0.4, 0.5) is 5.69 Å². The van der Waals surface area contributed by atoms with E-state index in [1.807, 2.05) is 50.2 Å². The lowest BCUT2D eigenvalue weighted by atomic mass is 10.1. The van der Waals surface area contributed by atoms with Crippen LogP contribution in [0.3, 0.4) is 0 Å². The van der Waals surface area contributed by atoms with Gasteiger partial charge in [0, 0.05) is 5.56 Å². The van der Waals surface area contributed by atoms with Crippen LogP contribution in [-0.2, 0) is 4.79 Å². The Morgan fingerprint density at radius 2 is 1.79 bits per heavy atom. The maximum Gasteiger partial charge on any atom is 0.281 e. The molecule has 1 aliphatic rings. The van der Waals surface area contributed by atoms with Gasteiger partial charge in [-0.2, -0.15) is 0 Å². The van der Waals surface area contributed by atoms with E-state index < -0.39 is 0 Å². The largest absolute Gasteiger partial charge is 0.496 e. The number of benzene rings is 2. The third-order valence-corrected chi connectivity index (χ3v) is 4.07. The Labute approximate surface area is 146 Å². The van der Waals surface area contributed by atoms with Crippen LogP contribution in [0, 0.1) is 13.8 Å². The number of hydrogen-bond acceptors (Lipinski definition) is 3. The van der Waals surface area contributed by atoms with Crippen molar-refractivity contribution in [2.75, 3.05) is 12.0 Å². The first-order valence-corrected chi connectivity index (χ1v) is 7.99. The van der Waals surface area contributed by atoms with E-state index in [1.54, 1.807) is 13.2 Å². The SMILES string of the molecule is COc1ccccc1/C=C1\NC(=S)N(c2cc(C)cc(C)c2)C1=O. The number of amides is 1. The minimum atomic E-state index is -0.170.